The Balaban J connectivity index is 1.22. The van der Waals surface area contributed by atoms with Crippen LogP contribution in [0.3, 0.4) is 0 Å². The quantitative estimate of drug-likeness (QED) is 0.613. The van der Waals surface area contributed by atoms with Crippen molar-refractivity contribution in [3.05, 3.63) is 60.8 Å². The summed E-state index contributed by atoms with van der Waals surface area (Å²) < 4.78 is 16.6. The van der Waals surface area contributed by atoms with Gasteiger partial charge in [0.25, 0.3) is 5.91 Å². The molecule has 0 radical (unpaired) electrons. The summed E-state index contributed by atoms with van der Waals surface area (Å²) >= 11 is 0. The summed E-state index contributed by atoms with van der Waals surface area (Å²) in [6.07, 6.45) is 1.23. The lowest BCUT2D eigenvalue weighted by Gasteiger charge is -2.35. The Morgan fingerprint density at radius 2 is 1.78 bits per heavy atom. The fraction of sp³-hybridized carbons (Fsp3) is 0.292. The zero-order chi connectivity index (χ0) is 21.9. The molecule has 1 saturated heterocycles. The van der Waals surface area contributed by atoms with E-state index in [2.05, 4.69) is 9.88 Å². The van der Waals surface area contributed by atoms with Gasteiger partial charge in [0.2, 0.25) is 12.7 Å². The molecule has 0 N–H and O–H groups in total. The van der Waals surface area contributed by atoms with Crippen LogP contribution in [0.15, 0.2) is 60.8 Å². The molecule has 0 aliphatic carbocycles. The number of carbonyl (C=O) groups excluding carboxylic acids is 1. The smallest absolute Gasteiger partial charge is 0.263 e. The van der Waals surface area contributed by atoms with E-state index in [0.717, 1.165) is 22.8 Å². The molecule has 0 spiro atoms. The van der Waals surface area contributed by atoms with Crippen molar-refractivity contribution in [2.75, 3.05) is 37.9 Å². The third-order valence-corrected chi connectivity index (χ3v) is 5.59. The van der Waals surface area contributed by atoms with Crippen LogP contribution in [0.1, 0.15) is 6.92 Å². The lowest BCUT2D eigenvalue weighted by atomic mass is 10.1. The first-order chi connectivity index (χ1) is 15.7. The number of nitrogens with zero attached hydrogens (tertiary/aromatic N) is 4. The van der Waals surface area contributed by atoms with Crippen LogP contribution in [0.4, 0.5) is 5.95 Å². The first-order valence-corrected chi connectivity index (χ1v) is 10.7. The Kier molecular flexibility index (Phi) is 5.49. The van der Waals surface area contributed by atoms with Gasteiger partial charge in [0, 0.05) is 37.9 Å². The van der Waals surface area contributed by atoms with Crippen molar-refractivity contribution in [1.82, 2.24) is 14.9 Å². The number of rotatable bonds is 5. The van der Waals surface area contributed by atoms with Gasteiger partial charge in [0.1, 0.15) is 5.75 Å². The Morgan fingerprint density at radius 3 is 2.59 bits per heavy atom. The lowest BCUT2D eigenvalue weighted by molar-refractivity contribution is -0.138. The Bertz CT molecular complexity index is 1100. The van der Waals surface area contributed by atoms with E-state index in [1.807, 2.05) is 59.5 Å². The van der Waals surface area contributed by atoms with E-state index in [0.29, 0.717) is 37.9 Å². The van der Waals surface area contributed by atoms with Gasteiger partial charge in [-0.2, -0.15) is 0 Å². The van der Waals surface area contributed by atoms with E-state index in [9.17, 15) is 4.79 Å². The number of anilines is 1. The largest absolute Gasteiger partial charge is 0.481 e. The lowest BCUT2D eigenvalue weighted by Crippen LogP contribution is -2.52. The molecule has 164 valence electrons. The molecule has 8 nitrogen and oxygen atoms in total. The van der Waals surface area contributed by atoms with Gasteiger partial charge in [-0.15, -0.1) is 0 Å². The molecule has 2 aromatic carbocycles. The maximum absolute atomic E-state index is 12.8. The molecule has 3 heterocycles. The zero-order valence-electron chi connectivity index (χ0n) is 17.8. The van der Waals surface area contributed by atoms with Crippen LogP contribution in [0, 0.1) is 0 Å². The highest BCUT2D eigenvalue weighted by molar-refractivity contribution is 5.81. The highest BCUT2D eigenvalue weighted by Gasteiger charge is 2.27. The normalized spacial score (nSPS) is 16.0. The number of hydrogen-bond acceptors (Lipinski definition) is 7. The minimum absolute atomic E-state index is 0.0106. The van der Waals surface area contributed by atoms with Crippen molar-refractivity contribution in [2.24, 2.45) is 0 Å². The van der Waals surface area contributed by atoms with Gasteiger partial charge < -0.3 is 24.0 Å². The molecule has 1 fully saturated rings. The number of amides is 1. The van der Waals surface area contributed by atoms with Gasteiger partial charge in [0.05, 0.1) is 5.69 Å². The molecule has 1 atom stereocenters. The number of carbonyl (C=O) groups is 1. The van der Waals surface area contributed by atoms with E-state index in [4.69, 9.17) is 19.2 Å². The summed E-state index contributed by atoms with van der Waals surface area (Å²) in [4.78, 5) is 25.9. The summed E-state index contributed by atoms with van der Waals surface area (Å²) in [6.45, 7) is 4.55. The summed E-state index contributed by atoms with van der Waals surface area (Å²) in [5, 5.41) is 0. The van der Waals surface area contributed by atoms with Crippen LogP contribution in [0.5, 0.6) is 17.2 Å². The standard InChI is InChI=1S/C24H24N4O4/c1-17(32-19-5-3-2-4-6-19)23(29)27-11-13-28(14-12-27)24-25-10-9-20(26-24)18-7-8-21-22(15-18)31-16-30-21/h2-10,15,17H,11-14,16H2,1H3. The van der Waals surface area contributed by atoms with Crippen LogP contribution < -0.4 is 19.1 Å². The first-order valence-electron chi connectivity index (χ1n) is 10.7. The number of benzene rings is 2. The van der Waals surface area contributed by atoms with Crippen molar-refractivity contribution in [1.29, 1.82) is 0 Å². The van der Waals surface area contributed by atoms with Crippen molar-refractivity contribution < 1.29 is 19.0 Å². The highest BCUT2D eigenvalue weighted by Crippen LogP contribution is 2.35. The topological polar surface area (TPSA) is 77.0 Å². The summed E-state index contributed by atoms with van der Waals surface area (Å²) in [5.41, 5.74) is 1.76. The van der Waals surface area contributed by atoms with Crippen LogP contribution in [-0.2, 0) is 4.79 Å². The minimum Gasteiger partial charge on any atom is -0.481 e. The molecule has 3 aromatic rings. The monoisotopic (exact) mass is 432 g/mol. The zero-order valence-corrected chi connectivity index (χ0v) is 17.8. The van der Waals surface area contributed by atoms with E-state index < -0.39 is 6.10 Å². The highest BCUT2D eigenvalue weighted by atomic mass is 16.7. The fourth-order valence-corrected chi connectivity index (χ4v) is 3.85. The molecule has 8 heteroatoms. The molecule has 32 heavy (non-hydrogen) atoms. The average Bonchev–Trinajstić information content (AvgIpc) is 3.32. The van der Waals surface area contributed by atoms with Crippen LogP contribution >= 0.6 is 0 Å². The Morgan fingerprint density at radius 1 is 1.00 bits per heavy atom. The van der Waals surface area contributed by atoms with Gasteiger partial charge in [0.15, 0.2) is 17.6 Å². The average molecular weight is 432 g/mol. The number of aromatic nitrogens is 2. The molecule has 1 aromatic heterocycles. The first kappa shape index (κ1) is 20.1. The van der Waals surface area contributed by atoms with Gasteiger partial charge in [-0.3, -0.25) is 4.79 Å². The van der Waals surface area contributed by atoms with Crippen LogP contribution in [0.2, 0.25) is 0 Å². The number of ether oxygens (including phenoxy) is 3. The van der Waals surface area contributed by atoms with E-state index in [1.165, 1.54) is 0 Å². The maximum Gasteiger partial charge on any atom is 0.263 e. The van der Waals surface area contributed by atoms with Crippen LogP contribution in [-0.4, -0.2) is 59.9 Å². The number of piperazine rings is 1. The molecule has 0 saturated carbocycles. The third-order valence-electron chi connectivity index (χ3n) is 5.59. The van der Waals surface area contributed by atoms with Crippen molar-refractivity contribution in [2.45, 2.75) is 13.0 Å². The van der Waals surface area contributed by atoms with Gasteiger partial charge in [-0.05, 0) is 43.3 Å². The predicted octanol–water partition coefficient (Wildman–Crippen LogP) is 2.99. The van der Waals surface area contributed by atoms with E-state index in [-0.39, 0.29) is 12.7 Å². The SMILES string of the molecule is CC(Oc1ccccc1)C(=O)N1CCN(c2nccc(-c3ccc4c(c3)OCO4)n2)CC1. The predicted molar refractivity (Wildman–Crippen MR) is 119 cm³/mol. The second kappa shape index (κ2) is 8.74. The molecule has 2 aliphatic heterocycles. The molecule has 5 rings (SSSR count). The van der Waals surface area contributed by atoms with Gasteiger partial charge in [-0.25, -0.2) is 9.97 Å². The second-order valence-electron chi connectivity index (χ2n) is 7.70. The third kappa shape index (κ3) is 4.16. The number of fused-ring (bicyclic) bond motifs is 1. The van der Waals surface area contributed by atoms with E-state index in [1.54, 1.807) is 13.1 Å². The van der Waals surface area contributed by atoms with Gasteiger partial charge >= 0.3 is 0 Å². The summed E-state index contributed by atoms with van der Waals surface area (Å²) in [5.74, 6) is 2.81. The summed E-state index contributed by atoms with van der Waals surface area (Å²) in [6, 6.07) is 17.1. The number of hydrogen-bond donors (Lipinski definition) is 0. The van der Waals surface area contributed by atoms with Crippen molar-refractivity contribution in [3.63, 3.8) is 0 Å². The Hall–Kier alpha value is -3.81. The number of para-hydroxylation sites is 1. The molecule has 2 aliphatic rings. The van der Waals surface area contributed by atoms with Crippen molar-refractivity contribution >= 4 is 11.9 Å². The minimum atomic E-state index is -0.533. The van der Waals surface area contributed by atoms with Gasteiger partial charge in [-0.1, -0.05) is 18.2 Å². The van der Waals surface area contributed by atoms with E-state index >= 15 is 0 Å². The van der Waals surface area contributed by atoms with Crippen LogP contribution in [0.25, 0.3) is 11.3 Å². The second-order valence-corrected chi connectivity index (χ2v) is 7.70. The molecule has 0 bridgehead atoms. The molecule has 1 unspecified atom stereocenters. The molecule has 1 amide bonds. The fourth-order valence-electron chi connectivity index (χ4n) is 3.85. The van der Waals surface area contributed by atoms with Crippen molar-refractivity contribution in [3.8, 4) is 28.5 Å². The Labute approximate surface area is 186 Å². The molecular weight excluding hydrogens is 408 g/mol. The molecular formula is C24H24N4O4. The maximum atomic E-state index is 12.8. The summed E-state index contributed by atoms with van der Waals surface area (Å²) in [7, 11) is 0.